The zero-order chi connectivity index (χ0) is 18.7. The Morgan fingerprint density at radius 1 is 1.00 bits per heavy atom. The van der Waals surface area contributed by atoms with Gasteiger partial charge in [-0.1, -0.05) is 38.0 Å². The maximum absolute atomic E-state index is 12.9. The van der Waals surface area contributed by atoms with Gasteiger partial charge in [-0.25, -0.2) is 25.5 Å². The number of rotatable bonds is 8. The van der Waals surface area contributed by atoms with E-state index in [2.05, 4.69) is 4.72 Å². The fourth-order valence-corrected chi connectivity index (χ4v) is 5.75. The van der Waals surface area contributed by atoms with E-state index in [1.807, 2.05) is 6.92 Å². The molecule has 0 bridgehead atoms. The number of benzene rings is 1. The van der Waals surface area contributed by atoms with Crippen molar-refractivity contribution in [2.24, 2.45) is 0 Å². The Balaban J connectivity index is 2.42. The summed E-state index contributed by atoms with van der Waals surface area (Å²) in [5.74, 6) is 0. The molecule has 8 heteroatoms. The Kier molecular flexibility index (Phi) is 6.08. The Labute approximate surface area is 150 Å². The smallest absolute Gasteiger partial charge is 0.242 e. The lowest BCUT2D eigenvalue weighted by Crippen LogP contribution is -2.25. The molecular formula is C17H24N2O4S2. The third-order valence-corrected chi connectivity index (χ3v) is 7.45. The highest BCUT2D eigenvalue weighted by Crippen LogP contribution is 2.25. The number of aromatic nitrogens is 1. The van der Waals surface area contributed by atoms with Crippen LogP contribution < -0.4 is 4.72 Å². The summed E-state index contributed by atoms with van der Waals surface area (Å²) in [4.78, 5) is 0.123. The van der Waals surface area contributed by atoms with E-state index >= 15 is 0 Å². The largest absolute Gasteiger partial charge is 0.268 e. The summed E-state index contributed by atoms with van der Waals surface area (Å²) < 4.78 is 54.4. The third kappa shape index (κ3) is 4.13. The van der Waals surface area contributed by atoms with Gasteiger partial charge in [-0.05, 0) is 38.5 Å². The van der Waals surface area contributed by atoms with Crippen LogP contribution in [-0.2, 0) is 20.0 Å². The normalized spacial score (nSPS) is 12.4. The molecule has 0 amide bonds. The van der Waals surface area contributed by atoms with E-state index in [0.29, 0.717) is 12.2 Å². The minimum atomic E-state index is -3.84. The number of hydrogen-bond acceptors (Lipinski definition) is 4. The number of nitrogens with one attached hydrogen (secondary N) is 1. The first kappa shape index (κ1) is 19.7. The number of sulfonamides is 1. The second-order valence-electron chi connectivity index (χ2n) is 5.92. The first-order valence-corrected chi connectivity index (χ1v) is 11.1. The number of hydrogen-bond donors (Lipinski definition) is 1. The molecule has 0 aliphatic carbocycles. The average Bonchev–Trinajstić information content (AvgIpc) is 2.88. The van der Waals surface area contributed by atoms with Gasteiger partial charge in [-0.3, -0.25) is 0 Å². The topological polar surface area (TPSA) is 85.2 Å². The molecule has 0 unspecified atom stereocenters. The van der Waals surface area contributed by atoms with Crippen molar-refractivity contribution in [2.75, 3.05) is 6.54 Å². The summed E-state index contributed by atoms with van der Waals surface area (Å²) in [5, 5.41) is 0. The predicted molar refractivity (Wildman–Crippen MR) is 97.6 cm³/mol. The van der Waals surface area contributed by atoms with Gasteiger partial charge in [-0.15, -0.1) is 0 Å². The maximum atomic E-state index is 12.9. The fraction of sp³-hybridized carbons (Fsp3) is 0.412. The molecule has 0 fully saturated rings. The number of aryl methyl sites for hydroxylation is 1. The summed E-state index contributed by atoms with van der Waals surface area (Å²) in [6.07, 6.45) is 2.67. The summed E-state index contributed by atoms with van der Waals surface area (Å²) in [6, 6.07) is 9.38. The summed E-state index contributed by atoms with van der Waals surface area (Å²) in [5.41, 5.74) is 0.541. The zero-order valence-electron chi connectivity index (χ0n) is 14.7. The molecule has 0 spiro atoms. The summed E-state index contributed by atoms with van der Waals surface area (Å²) in [7, 11) is -7.60. The highest BCUT2D eigenvalue weighted by Gasteiger charge is 2.27. The van der Waals surface area contributed by atoms with Crippen LogP contribution in [0.25, 0.3) is 0 Å². The molecule has 0 aliphatic rings. The average molecular weight is 385 g/mol. The lowest BCUT2D eigenvalue weighted by Gasteiger charge is -2.11. The quantitative estimate of drug-likeness (QED) is 0.709. The predicted octanol–water partition coefficient (Wildman–Crippen LogP) is 2.81. The van der Waals surface area contributed by atoms with E-state index in [-0.39, 0.29) is 15.5 Å². The van der Waals surface area contributed by atoms with E-state index in [1.54, 1.807) is 25.1 Å². The van der Waals surface area contributed by atoms with Crippen LogP contribution in [0, 0.1) is 13.8 Å². The molecule has 1 aromatic carbocycles. The molecule has 1 heterocycles. The van der Waals surface area contributed by atoms with Crippen molar-refractivity contribution < 1.29 is 16.8 Å². The van der Waals surface area contributed by atoms with Gasteiger partial charge in [-0.2, -0.15) is 0 Å². The molecule has 0 radical (unpaired) electrons. The molecule has 25 heavy (non-hydrogen) atoms. The molecule has 2 aromatic rings. The van der Waals surface area contributed by atoms with Crippen molar-refractivity contribution in [2.45, 2.75) is 49.8 Å². The van der Waals surface area contributed by atoms with Crippen LogP contribution in [0.5, 0.6) is 0 Å². The molecule has 138 valence electrons. The molecule has 1 aromatic heterocycles. The monoisotopic (exact) mass is 384 g/mol. The molecule has 0 aliphatic heterocycles. The van der Waals surface area contributed by atoms with Crippen molar-refractivity contribution in [1.29, 1.82) is 0 Å². The van der Waals surface area contributed by atoms with Gasteiger partial charge >= 0.3 is 0 Å². The van der Waals surface area contributed by atoms with Gasteiger partial charge in [0.1, 0.15) is 4.90 Å². The standard InChI is InChI=1S/C17H24N2O4S2/c1-4-5-9-12-18-24(20,21)17-13-14(2)19(15(17)3)25(22,23)16-10-7-6-8-11-16/h6-8,10-11,13,18H,4-5,9,12H2,1-3H3. The van der Waals surface area contributed by atoms with E-state index in [4.69, 9.17) is 0 Å². The fourth-order valence-electron chi connectivity index (χ4n) is 2.72. The Hall–Kier alpha value is -1.64. The van der Waals surface area contributed by atoms with E-state index < -0.39 is 20.0 Å². The van der Waals surface area contributed by atoms with Crippen molar-refractivity contribution in [3.05, 3.63) is 47.8 Å². The van der Waals surface area contributed by atoms with Crippen LogP contribution in [0.4, 0.5) is 0 Å². The van der Waals surface area contributed by atoms with Gasteiger partial charge in [0.15, 0.2) is 0 Å². The van der Waals surface area contributed by atoms with Crippen LogP contribution >= 0.6 is 0 Å². The van der Waals surface area contributed by atoms with Crippen molar-refractivity contribution in [3.8, 4) is 0 Å². The van der Waals surface area contributed by atoms with Crippen LogP contribution in [-0.4, -0.2) is 27.4 Å². The maximum Gasteiger partial charge on any atom is 0.268 e. The second-order valence-corrected chi connectivity index (χ2v) is 9.44. The minimum Gasteiger partial charge on any atom is -0.242 e. The van der Waals surface area contributed by atoms with Crippen LogP contribution in [0.15, 0.2) is 46.2 Å². The lowest BCUT2D eigenvalue weighted by atomic mass is 10.3. The first-order valence-electron chi connectivity index (χ1n) is 8.21. The molecule has 0 atom stereocenters. The third-order valence-electron chi connectivity index (χ3n) is 3.96. The van der Waals surface area contributed by atoms with Crippen LogP contribution in [0.1, 0.15) is 37.6 Å². The molecule has 0 saturated heterocycles. The lowest BCUT2D eigenvalue weighted by molar-refractivity contribution is 0.575. The van der Waals surface area contributed by atoms with Gasteiger partial charge in [0.05, 0.1) is 10.6 Å². The zero-order valence-corrected chi connectivity index (χ0v) is 16.3. The highest BCUT2D eigenvalue weighted by atomic mass is 32.2. The van der Waals surface area contributed by atoms with Crippen molar-refractivity contribution in [3.63, 3.8) is 0 Å². The van der Waals surface area contributed by atoms with Crippen molar-refractivity contribution >= 4 is 20.0 Å². The molecule has 6 nitrogen and oxygen atoms in total. The van der Waals surface area contributed by atoms with Gasteiger partial charge < -0.3 is 0 Å². The molecular weight excluding hydrogens is 360 g/mol. The molecule has 1 N–H and O–H groups in total. The Bertz CT molecular complexity index is 931. The molecule has 2 rings (SSSR count). The van der Waals surface area contributed by atoms with Gasteiger partial charge in [0.2, 0.25) is 10.0 Å². The summed E-state index contributed by atoms with van der Waals surface area (Å²) >= 11 is 0. The second kappa shape index (κ2) is 7.72. The Morgan fingerprint density at radius 3 is 2.24 bits per heavy atom. The van der Waals surface area contributed by atoms with Crippen molar-refractivity contribution in [1.82, 2.24) is 8.69 Å². The van der Waals surface area contributed by atoms with Gasteiger partial charge in [0.25, 0.3) is 10.0 Å². The van der Waals surface area contributed by atoms with Crippen LogP contribution in [0.2, 0.25) is 0 Å². The summed E-state index contributed by atoms with van der Waals surface area (Å²) in [6.45, 7) is 5.47. The van der Waals surface area contributed by atoms with Crippen LogP contribution in [0.3, 0.4) is 0 Å². The van der Waals surface area contributed by atoms with E-state index in [1.165, 1.54) is 25.1 Å². The Morgan fingerprint density at radius 2 is 1.64 bits per heavy atom. The highest BCUT2D eigenvalue weighted by molar-refractivity contribution is 7.90. The van der Waals surface area contributed by atoms with E-state index in [9.17, 15) is 16.8 Å². The molecule has 0 saturated carbocycles. The first-order chi connectivity index (χ1) is 11.7. The van der Waals surface area contributed by atoms with Gasteiger partial charge in [0, 0.05) is 12.2 Å². The SMILES string of the molecule is CCCCCNS(=O)(=O)c1cc(C)n(S(=O)(=O)c2ccccc2)c1C. The number of nitrogens with zero attached hydrogens (tertiary/aromatic N) is 1. The minimum absolute atomic E-state index is 0.000930. The number of unbranched alkanes of at least 4 members (excludes halogenated alkanes) is 2. The van der Waals surface area contributed by atoms with E-state index in [0.717, 1.165) is 23.2 Å².